The molecule has 1 aliphatic carbocycles. The molecular weight excluding hydrogens is 374 g/mol. The number of amides is 2. The van der Waals surface area contributed by atoms with Crippen LogP contribution in [0.5, 0.6) is 0 Å². The predicted octanol–water partition coefficient (Wildman–Crippen LogP) is 2.45. The molecule has 1 aliphatic heterocycles. The lowest BCUT2D eigenvalue weighted by atomic mass is 9.70. The van der Waals surface area contributed by atoms with Crippen molar-refractivity contribution in [2.75, 3.05) is 6.61 Å². The number of carbonyl (C=O) groups excluding carboxylic acids is 2. The Morgan fingerprint density at radius 3 is 2.41 bits per heavy atom. The van der Waals surface area contributed by atoms with Crippen molar-refractivity contribution in [3.05, 3.63) is 58.1 Å². The van der Waals surface area contributed by atoms with Crippen molar-refractivity contribution in [1.82, 2.24) is 10.4 Å². The third-order valence-electron chi connectivity index (χ3n) is 5.07. The third kappa shape index (κ3) is 4.28. The summed E-state index contributed by atoms with van der Waals surface area (Å²) in [5.74, 6) is -1.77. The van der Waals surface area contributed by atoms with Gasteiger partial charge in [0.05, 0.1) is 11.1 Å². The normalized spacial score (nSPS) is 21.3. The molecule has 8 heteroatoms. The zero-order valence-corrected chi connectivity index (χ0v) is 17.3. The van der Waals surface area contributed by atoms with Crippen molar-refractivity contribution < 1.29 is 23.7 Å². The molecule has 3 rings (SSSR count). The van der Waals surface area contributed by atoms with E-state index in [1.807, 2.05) is 19.9 Å². The van der Waals surface area contributed by atoms with E-state index in [2.05, 4.69) is 5.43 Å². The second-order valence-corrected chi connectivity index (χ2v) is 8.61. The number of nitrogens with one attached hydrogen (secondary N) is 1. The number of carbonyl (C=O) groups is 2. The molecular formula is C21H26BFN2O4. The Labute approximate surface area is 170 Å². The Balaban J connectivity index is 1.86. The topological polar surface area (TPSA) is 78.9 Å². The van der Waals surface area contributed by atoms with Crippen molar-refractivity contribution >= 4 is 18.9 Å². The standard InChI is InChI=1S/C21H26BFN2O4/c1-12-8-13(2)10-14(9-12)20(27)25(21(3,4)5)24-19(26)15-6-7-17-16(18(15)23)11-29-22(17)28/h6-10,16,18,28H,11H2,1-5H3,(H,24,26). The number of nitrogens with zero attached hydrogens (tertiary/aromatic N) is 1. The van der Waals surface area contributed by atoms with Gasteiger partial charge in [-0.25, -0.2) is 9.40 Å². The number of halogens is 1. The Morgan fingerprint density at radius 1 is 1.21 bits per heavy atom. The molecule has 6 nitrogen and oxygen atoms in total. The van der Waals surface area contributed by atoms with Gasteiger partial charge in [0.2, 0.25) is 0 Å². The van der Waals surface area contributed by atoms with Gasteiger partial charge < -0.3 is 9.68 Å². The van der Waals surface area contributed by atoms with Gasteiger partial charge in [-0.2, -0.15) is 0 Å². The molecule has 154 valence electrons. The summed E-state index contributed by atoms with van der Waals surface area (Å²) in [4.78, 5) is 26.0. The van der Waals surface area contributed by atoms with Crippen LogP contribution in [0.15, 0.2) is 41.4 Å². The van der Waals surface area contributed by atoms with Gasteiger partial charge in [0.25, 0.3) is 11.8 Å². The highest BCUT2D eigenvalue weighted by atomic mass is 19.1. The van der Waals surface area contributed by atoms with Crippen molar-refractivity contribution in [3.8, 4) is 0 Å². The van der Waals surface area contributed by atoms with Gasteiger partial charge in [-0.15, -0.1) is 0 Å². The number of hydrogen-bond acceptors (Lipinski definition) is 4. The summed E-state index contributed by atoms with van der Waals surface area (Å²) in [6.07, 6.45) is 1.23. The minimum atomic E-state index is -1.62. The van der Waals surface area contributed by atoms with E-state index in [9.17, 15) is 19.0 Å². The van der Waals surface area contributed by atoms with Crippen molar-refractivity contribution in [2.24, 2.45) is 5.92 Å². The maximum absolute atomic E-state index is 14.9. The van der Waals surface area contributed by atoms with Gasteiger partial charge >= 0.3 is 7.12 Å². The largest absolute Gasteiger partial charge is 0.487 e. The van der Waals surface area contributed by atoms with E-state index in [-0.39, 0.29) is 18.1 Å². The zero-order valence-electron chi connectivity index (χ0n) is 17.3. The highest BCUT2D eigenvalue weighted by Gasteiger charge is 2.44. The predicted molar refractivity (Wildman–Crippen MR) is 108 cm³/mol. The minimum absolute atomic E-state index is 0.00325. The van der Waals surface area contributed by atoms with E-state index >= 15 is 0 Å². The molecule has 0 spiro atoms. The van der Waals surface area contributed by atoms with E-state index in [0.29, 0.717) is 11.0 Å². The summed E-state index contributed by atoms with van der Waals surface area (Å²) in [6, 6.07) is 5.47. The van der Waals surface area contributed by atoms with E-state index in [1.54, 1.807) is 32.9 Å². The van der Waals surface area contributed by atoms with Crippen LogP contribution < -0.4 is 5.43 Å². The third-order valence-corrected chi connectivity index (χ3v) is 5.07. The average molecular weight is 400 g/mol. The maximum Gasteiger partial charge on any atom is 0.487 e. The lowest BCUT2D eigenvalue weighted by Crippen LogP contribution is -2.56. The second kappa shape index (κ2) is 7.76. The molecule has 0 radical (unpaired) electrons. The Kier molecular flexibility index (Phi) is 5.69. The number of allylic oxidation sites excluding steroid dienone is 2. The fraction of sp³-hybridized carbons (Fsp3) is 0.429. The lowest BCUT2D eigenvalue weighted by Gasteiger charge is -2.36. The quantitative estimate of drug-likeness (QED) is 0.591. The van der Waals surface area contributed by atoms with Crippen LogP contribution in [-0.2, 0) is 9.45 Å². The Hall–Kier alpha value is -2.45. The van der Waals surface area contributed by atoms with Gasteiger partial charge in [0.15, 0.2) is 0 Å². The molecule has 1 saturated heterocycles. The van der Waals surface area contributed by atoms with E-state index in [1.165, 1.54) is 17.2 Å². The van der Waals surface area contributed by atoms with Crippen LogP contribution in [0.25, 0.3) is 0 Å². The number of rotatable bonds is 2. The maximum atomic E-state index is 14.9. The highest BCUT2D eigenvalue weighted by molar-refractivity contribution is 6.53. The molecule has 1 fully saturated rings. The number of aryl methyl sites for hydroxylation is 2. The first-order valence-corrected chi connectivity index (χ1v) is 9.58. The van der Waals surface area contributed by atoms with Gasteiger partial charge in [0.1, 0.15) is 6.17 Å². The summed E-state index contributed by atoms with van der Waals surface area (Å²) >= 11 is 0. The molecule has 2 atom stereocenters. The second-order valence-electron chi connectivity index (χ2n) is 8.61. The molecule has 2 amide bonds. The monoisotopic (exact) mass is 400 g/mol. The number of hydrogen-bond donors (Lipinski definition) is 2. The van der Waals surface area contributed by atoms with Crippen LogP contribution >= 0.6 is 0 Å². The van der Waals surface area contributed by atoms with Gasteiger partial charge in [-0.3, -0.25) is 15.0 Å². The first kappa shape index (κ1) is 21.3. The molecule has 1 heterocycles. The Morgan fingerprint density at radius 2 is 1.83 bits per heavy atom. The van der Waals surface area contributed by atoms with Crippen LogP contribution in [0.2, 0.25) is 0 Å². The number of alkyl halides is 1. The highest BCUT2D eigenvalue weighted by Crippen LogP contribution is 2.34. The molecule has 0 bridgehead atoms. The molecule has 2 N–H and O–H groups in total. The smallest absolute Gasteiger partial charge is 0.423 e. The fourth-order valence-electron chi connectivity index (χ4n) is 3.64. The van der Waals surface area contributed by atoms with Crippen molar-refractivity contribution in [1.29, 1.82) is 0 Å². The zero-order chi connectivity index (χ0) is 21.5. The summed E-state index contributed by atoms with van der Waals surface area (Å²) in [7, 11) is -1.14. The number of benzene rings is 1. The molecule has 0 aromatic heterocycles. The lowest BCUT2D eigenvalue weighted by molar-refractivity contribution is -0.123. The van der Waals surface area contributed by atoms with Gasteiger partial charge in [-0.1, -0.05) is 29.3 Å². The SMILES string of the molecule is Cc1cc(C)cc(C(=O)N(NC(=O)C2=CC=C3B(O)OCC3C2F)C(C)(C)C)c1. The summed E-state index contributed by atoms with van der Waals surface area (Å²) in [5.41, 5.74) is 4.49. The molecule has 29 heavy (non-hydrogen) atoms. The number of fused-ring (bicyclic) bond motifs is 1. The summed E-state index contributed by atoms with van der Waals surface area (Å²) in [6.45, 7) is 9.15. The van der Waals surface area contributed by atoms with Crippen LogP contribution in [0.4, 0.5) is 4.39 Å². The molecule has 0 saturated carbocycles. The molecule has 1 aromatic carbocycles. The van der Waals surface area contributed by atoms with E-state index in [4.69, 9.17) is 4.65 Å². The molecule has 2 aliphatic rings. The van der Waals surface area contributed by atoms with Crippen LogP contribution in [-0.4, -0.2) is 47.3 Å². The van der Waals surface area contributed by atoms with Crippen molar-refractivity contribution in [2.45, 2.75) is 46.3 Å². The van der Waals surface area contributed by atoms with E-state index < -0.39 is 30.7 Å². The van der Waals surface area contributed by atoms with Crippen LogP contribution in [0, 0.1) is 19.8 Å². The summed E-state index contributed by atoms with van der Waals surface area (Å²) < 4.78 is 20.0. The van der Waals surface area contributed by atoms with Gasteiger partial charge in [-0.05, 0) is 52.2 Å². The van der Waals surface area contributed by atoms with Crippen LogP contribution in [0.1, 0.15) is 42.3 Å². The molecule has 1 aromatic rings. The van der Waals surface area contributed by atoms with Crippen molar-refractivity contribution in [3.63, 3.8) is 0 Å². The Bertz CT molecular complexity index is 886. The average Bonchev–Trinajstić information content (AvgIpc) is 2.99. The fourth-order valence-corrected chi connectivity index (χ4v) is 3.64. The first-order chi connectivity index (χ1) is 13.5. The minimum Gasteiger partial charge on any atom is -0.423 e. The van der Waals surface area contributed by atoms with E-state index in [0.717, 1.165) is 11.1 Å². The van der Waals surface area contributed by atoms with Gasteiger partial charge in [0, 0.05) is 18.1 Å². The number of hydrazine groups is 1. The molecule has 2 unspecified atom stereocenters. The first-order valence-electron chi connectivity index (χ1n) is 9.58. The summed E-state index contributed by atoms with van der Waals surface area (Å²) in [5, 5.41) is 11.0. The van der Waals surface area contributed by atoms with Crippen LogP contribution in [0.3, 0.4) is 0 Å².